The number of rotatable bonds is 4. The first-order valence-corrected chi connectivity index (χ1v) is 10.1. The Labute approximate surface area is 171 Å². The average molecular weight is 397 g/mol. The molecule has 2 amide bonds. The van der Waals surface area contributed by atoms with Gasteiger partial charge in [-0.2, -0.15) is 0 Å². The highest BCUT2D eigenvalue weighted by molar-refractivity contribution is 5.90. The number of para-hydroxylation sites is 2. The lowest BCUT2D eigenvalue weighted by atomic mass is 10.2. The number of hydrogen-bond donors (Lipinski definition) is 1. The average Bonchev–Trinajstić information content (AvgIpc) is 2.74. The van der Waals surface area contributed by atoms with Gasteiger partial charge in [-0.1, -0.05) is 12.1 Å². The molecule has 0 unspecified atom stereocenters. The van der Waals surface area contributed by atoms with E-state index in [0.29, 0.717) is 43.5 Å². The maximum absolute atomic E-state index is 12.7. The van der Waals surface area contributed by atoms with Crippen LogP contribution in [0.3, 0.4) is 0 Å². The molecule has 29 heavy (non-hydrogen) atoms. The van der Waals surface area contributed by atoms with Crippen molar-refractivity contribution >= 4 is 17.4 Å². The molecule has 154 valence electrons. The van der Waals surface area contributed by atoms with E-state index < -0.39 is 0 Å². The number of amides is 2. The Morgan fingerprint density at radius 1 is 1.00 bits per heavy atom. The summed E-state index contributed by atoms with van der Waals surface area (Å²) in [6, 6.07) is 13.4. The Balaban J connectivity index is 1.36. The van der Waals surface area contributed by atoms with Crippen molar-refractivity contribution in [3.05, 3.63) is 42.5 Å². The molecule has 0 aromatic heterocycles. The Morgan fingerprint density at radius 2 is 1.72 bits per heavy atom. The number of piperazine rings is 1. The second-order valence-electron chi connectivity index (χ2n) is 7.40. The summed E-state index contributed by atoms with van der Waals surface area (Å²) < 4.78 is 17.0. The van der Waals surface area contributed by atoms with Gasteiger partial charge in [0.25, 0.3) is 0 Å². The minimum absolute atomic E-state index is 0.104. The number of benzene rings is 2. The van der Waals surface area contributed by atoms with Crippen LogP contribution in [0, 0.1) is 0 Å². The molecule has 4 rings (SSSR count). The fourth-order valence-corrected chi connectivity index (χ4v) is 3.55. The lowest BCUT2D eigenvalue weighted by Gasteiger charge is -2.36. The van der Waals surface area contributed by atoms with Crippen LogP contribution in [0.25, 0.3) is 0 Å². The van der Waals surface area contributed by atoms with Crippen LogP contribution in [-0.4, -0.2) is 56.4 Å². The minimum Gasteiger partial charge on any atom is -0.489 e. The third kappa shape index (κ3) is 4.50. The van der Waals surface area contributed by atoms with Crippen molar-refractivity contribution in [1.29, 1.82) is 0 Å². The molecule has 7 nitrogen and oxygen atoms in total. The molecular weight excluding hydrogens is 370 g/mol. The zero-order valence-corrected chi connectivity index (χ0v) is 16.9. The highest BCUT2D eigenvalue weighted by atomic mass is 16.6. The summed E-state index contributed by atoms with van der Waals surface area (Å²) in [6.45, 7) is 7.93. The summed E-state index contributed by atoms with van der Waals surface area (Å²) in [7, 11) is 0. The van der Waals surface area contributed by atoms with Gasteiger partial charge in [-0.25, -0.2) is 4.79 Å². The van der Waals surface area contributed by atoms with Crippen molar-refractivity contribution in [3.63, 3.8) is 0 Å². The number of hydrogen-bond acceptors (Lipinski definition) is 5. The molecule has 2 aliphatic heterocycles. The van der Waals surface area contributed by atoms with E-state index in [9.17, 15) is 4.79 Å². The molecule has 2 aliphatic rings. The molecule has 0 bridgehead atoms. The van der Waals surface area contributed by atoms with Gasteiger partial charge in [-0.05, 0) is 38.1 Å². The van der Waals surface area contributed by atoms with Gasteiger partial charge in [0.2, 0.25) is 0 Å². The van der Waals surface area contributed by atoms with Gasteiger partial charge in [0.1, 0.15) is 19.0 Å². The van der Waals surface area contributed by atoms with E-state index in [4.69, 9.17) is 14.2 Å². The van der Waals surface area contributed by atoms with E-state index in [2.05, 4.69) is 16.3 Å². The smallest absolute Gasteiger partial charge is 0.321 e. The molecule has 2 aromatic rings. The molecule has 0 atom stereocenters. The molecule has 1 saturated heterocycles. The summed E-state index contributed by atoms with van der Waals surface area (Å²) in [5, 5.41) is 2.96. The van der Waals surface area contributed by atoms with Crippen LogP contribution >= 0.6 is 0 Å². The zero-order valence-electron chi connectivity index (χ0n) is 16.9. The van der Waals surface area contributed by atoms with Gasteiger partial charge in [0.05, 0.1) is 11.8 Å². The van der Waals surface area contributed by atoms with E-state index in [1.165, 1.54) is 0 Å². The fourth-order valence-electron chi connectivity index (χ4n) is 3.55. The third-order valence-electron chi connectivity index (χ3n) is 4.93. The third-order valence-corrected chi connectivity index (χ3v) is 4.93. The largest absolute Gasteiger partial charge is 0.489 e. The lowest BCUT2D eigenvalue weighted by molar-refractivity contribution is 0.171. The summed E-state index contributed by atoms with van der Waals surface area (Å²) in [6.07, 6.45) is 0.120. The summed E-state index contributed by atoms with van der Waals surface area (Å²) in [5.41, 5.74) is 1.78. The molecule has 1 N–H and O–H groups in total. The quantitative estimate of drug-likeness (QED) is 0.854. The van der Waals surface area contributed by atoms with Crippen molar-refractivity contribution in [2.75, 3.05) is 49.6 Å². The standard InChI is InChI=1S/C22H27N3O4/c1-16(2)29-19-6-4-3-5-18(19)24-9-11-25(12-10-24)22(26)23-17-7-8-20-21(15-17)28-14-13-27-20/h3-8,15-16H,9-14H2,1-2H3,(H,23,26). The maximum atomic E-state index is 12.7. The number of carbonyl (C=O) groups is 1. The number of urea groups is 1. The van der Waals surface area contributed by atoms with E-state index in [1.807, 2.05) is 55.1 Å². The number of nitrogens with one attached hydrogen (secondary N) is 1. The van der Waals surface area contributed by atoms with E-state index in [0.717, 1.165) is 24.5 Å². The number of anilines is 2. The molecular formula is C22H27N3O4. The Hall–Kier alpha value is -3.09. The normalized spacial score (nSPS) is 16.0. The SMILES string of the molecule is CC(C)Oc1ccccc1N1CCN(C(=O)Nc2ccc3c(c2)OCCO3)CC1. The van der Waals surface area contributed by atoms with E-state index in [1.54, 1.807) is 0 Å². The number of fused-ring (bicyclic) bond motifs is 1. The van der Waals surface area contributed by atoms with Gasteiger partial charge in [-0.3, -0.25) is 0 Å². The fraction of sp³-hybridized carbons (Fsp3) is 0.409. The predicted octanol–water partition coefficient (Wildman–Crippen LogP) is 3.60. The zero-order chi connectivity index (χ0) is 20.2. The highest BCUT2D eigenvalue weighted by Crippen LogP contribution is 2.33. The van der Waals surface area contributed by atoms with E-state index >= 15 is 0 Å². The molecule has 1 fully saturated rings. The second-order valence-corrected chi connectivity index (χ2v) is 7.40. The lowest BCUT2D eigenvalue weighted by Crippen LogP contribution is -2.50. The van der Waals surface area contributed by atoms with E-state index in [-0.39, 0.29) is 12.1 Å². The number of ether oxygens (including phenoxy) is 3. The Kier molecular flexibility index (Phi) is 5.64. The van der Waals surface area contributed by atoms with Gasteiger partial charge in [0.15, 0.2) is 11.5 Å². The number of nitrogens with zero attached hydrogens (tertiary/aromatic N) is 2. The summed E-state index contributed by atoms with van der Waals surface area (Å²) >= 11 is 0. The van der Waals surface area contributed by atoms with Crippen LogP contribution in [0.5, 0.6) is 17.2 Å². The van der Waals surface area contributed by atoms with Gasteiger partial charge in [-0.15, -0.1) is 0 Å². The Morgan fingerprint density at radius 3 is 2.48 bits per heavy atom. The second kappa shape index (κ2) is 8.51. The van der Waals surface area contributed by atoms with Crippen molar-refractivity contribution in [1.82, 2.24) is 4.90 Å². The summed E-state index contributed by atoms with van der Waals surface area (Å²) in [4.78, 5) is 16.8. The van der Waals surface area contributed by atoms with Crippen LogP contribution in [0.15, 0.2) is 42.5 Å². The van der Waals surface area contributed by atoms with Crippen LogP contribution in [0.1, 0.15) is 13.8 Å². The predicted molar refractivity (Wildman–Crippen MR) is 112 cm³/mol. The maximum Gasteiger partial charge on any atom is 0.321 e. The monoisotopic (exact) mass is 397 g/mol. The molecule has 0 radical (unpaired) electrons. The van der Waals surface area contributed by atoms with Crippen molar-refractivity contribution in [3.8, 4) is 17.2 Å². The van der Waals surface area contributed by atoms with Crippen LogP contribution in [0.2, 0.25) is 0 Å². The topological polar surface area (TPSA) is 63.3 Å². The van der Waals surface area contributed by atoms with Crippen molar-refractivity contribution in [2.45, 2.75) is 20.0 Å². The van der Waals surface area contributed by atoms with Crippen molar-refractivity contribution in [2.24, 2.45) is 0 Å². The van der Waals surface area contributed by atoms with Gasteiger partial charge in [0, 0.05) is 37.9 Å². The molecule has 2 aromatic carbocycles. The number of carbonyl (C=O) groups excluding carboxylic acids is 1. The first-order valence-electron chi connectivity index (χ1n) is 10.1. The van der Waals surface area contributed by atoms with Gasteiger partial charge < -0.3 is 29.3 Å². The van der Waals surface area contributed by atoms with Crippen LogP contribution in [-0.2, 0) is 0 Å². The molecule has 0 aliphatic carbocycles. The Bertz CT molecular complexity index is 863. The highest BCUT2D eigenvalue weighted by Gasteiger charge is 2.23. The minimum atomic E-state index is -0.104. The molecule has 7 heteroatoms. The van der Waals surface area contributed by atoms with Crippen LogP contribution in [0.4, 0.5) is 16.2 Å². The molecule has 0 saturated carbocycles. The van der Waals surface area contributed by atoms with Crippen molar-refractivity contribution < 1.29 is 19.0 Å². The first kappa shape index (κ1) is 19.2. The van der Waals surface area contributed by atoms with Crippen LogP contribution < -0.4 is 24.4 Å². The first-order chi connectivity index (χ1) is 14.1. The van der Waals surface area contributed by atoms with Gasteiger partial charge >= 0.3 is 6.03 Å². The summed E-state index contributed by atoms with van der Waals surface area (Å²) in [5.74, 6) is 2.27. The molecule has 0 spiro atoms. The molecule has 2 heterocycles.